The van der Waals surface area contributed by atoms with Crippen molar-refractivity contribution in [3.8, 4) is 5.75 Å². The maximum absolute atomic E-state index is 14.5. The van der Waals surface area contributed by atoms with Crippen molar-refractivity contribution in [2.24, 2.45) is 11.8 Å². The van der Waals surface area contributed by atoms with Gasteiger partial charge in [-0.1, -0.05) is 19.1 Å². The maximum atomic E-state index is 14.5. The monoisotopic (exact) mass is 525 g/mol. The zero-order chi connectivity index (χ0) is 27.8. The van der Waals surface area contributed by atoms with Gasteiger partial charge in [-0.25, -0.2) is 0 Å². The molecule has 206 valence electrons. The van der Waals surface area contributed by atoms with E-state index in [4.69, 9.17) is 9.47 Å². The number of benzene rings is 1. The molecule has 38 heavy (non-hydrogen) atoms. The summed E-state index contributed by atoms with van der Waals surface area (Å²) in [5.74, 6) is -1.73. The van der Waals surface area contributed by atoms with Gasteiger partial charge in [0.25, 0.3) is 5.91 Å². The van der Waals surface area contributed by atoms with Crippen LogP contribution >= 0.6 is 0 Å². The molecule has 3 aliphatic rings. The minimum atomic E-state index is -1.17. The quantitative estimate of drug-likeness (QED) is 0.446. The number of anilines is 1. The van der Waals surface area contributed by atoms with E-state index < -0.39 is 35.1 Å². The number of carbonyl (C=O) groups excluding carboxylic acids is 3. The summed E-state index contributed by atoms with van der Waals surface area (Å²) in [6.07, 6.45) is 4.86. The number of likely N-dealkylation sites (N-methyl/N-ethyl adjacent to an activating group) is 1. The van der Waals surface area contributed by atoms with E-state index >= 15 is 0 Å². The molecule has 0 radical (unpaired) electrons. The number of fused-ring (bicyclic) bond motifs is 1. The average Bonchev–Trinajstić information content (AvgIpc) is 3.54. The fourth-order valence-electron chi connectivity index (χ4n) is 6.76. The van der Waals surface area contributed by atoms with Crippen LogP contribution in [0.3, 0.4) is 0 Å². The van der Waals surface area contributed by atoms with Crippen molar-refractivity contribution in [2.45, 2.75) is 56.4 Å². The zero-order valence-electron chi connectivity index (χ0n) is 22.8. The summed E-state index contributed by atoms with van der Waals surface area (Å²) in [4.78, 5) is 47.0. The Hall–Kier alpha value is -3.17. The van der Waals surface area contributed by atoms with Gasteiger partial charge < -0.3 is 29.3 Å². The van der Waals surface area contributed by atoms with Gasteiger partial charge in [0.05, 0.1) is 37.2 Å². The molecule has 3 fully saturated rings. The number of hydrogen-bond acceptors (Lipinski definition) is 6. The Morgan fingerprint density at radius 1 is 1.21 bits per heavy atom. The number of amides is 3. The Bertz CT molecular complexity index is 1110. The van der Waals surface area contributed by atoms with Crippen molar-refractivity contribution >= 4 is 23.4 Å². The van der Waals surface area contributed by atoms with Crippen molar-refractivity contribution < 1.29 is 29.0 Å². The Labute approximate surface area is 224 Å². The highest BCUT2D eigenvalue weighted by Crippen LogP contribution is 2.65. The van der Waals surface area contributed by atoms with E-state index in [1.165, 1.54) is 4.90 Å². The molecule has 9 nitrogen and oxygen atoms in total. The number of rotatable bonds is 11. The molecule has 9 heteroatoms. The fourth-order valence-corrected chi connectivity index (χ4v) is 6.76. The van der Waals surface area contributed by atoms with Crippen LogP contribution in [0.2, 0.25) is 0 Å². The predicted octanol–water partition coefficient (Wildman–Crippen LogP) is 2.39. The molecule has 2 bridgehead atoms. The van der Waals surface area contributed by atoms with Crippen molar-refractivity contribution in [1.29, 1.82) is 0 Å². The van der Waals surface area contributed by atoms with E-state index in [0.29, 0.717) is 37.2 Å². The van der Waals surface area contributed by atoms with Gasteiger partial charge in [-0.2, -0.15) is 0 Å². The highest BCUT2D eigenvalue weighted by atomic mass is 16.5. The summed E-state index contributed by atoms with van der Waals surface area (Å²) >= 11 is 0. The number of methoxy groups -OCH3 is 1. The summed E-state index contributed by atoms with van der Waals surface area (Å²) in [6, 6.07) is 5.45. The minimum Gasteiger partial charge on any atom is -0.497 e. The predicted molar refractivity (Wildman–Crippen MR) is 144 cm³/mol. The highest BCUT2D eigenvalue weighted by molar-refractivity contribution is 6.05. The smallest absolute Gasteiger partial charge is 0.253 e. The van der Waals surface area contributed by atoms with E-state index in [1.807, 2.05) is 6.92 Å². The molecule has 3 amide bonds. The molecule has 6 atom stereocenters. The molecular weight excluding hydrogens is 486 g/mol. The van der Waals surface area contributed by atoms with Crippen LogP contribution in [0.1, 0.15) is 33.1 Å². The second-order valence-electron chi connectivity index (χ2n) is 10.6. The van der Waals surface area contributed by atoms with Crippen LogP contribution in [0, 0.1) is 11.8 Å². The topological polar surface area (TPSA) is 99.6 Å². The molecule has 0 saturated carbocycles. The number of likely N-dealkylation sites (tertiary alicyclic amines) is 1. The lowest BCUT2D eigenvalue weighted by Gasteiger charge is -2.38. The highest BCUT2D eigenvalue weighted by Gasteiger charge is 2.79. The summed E-state index contributed by atoms with van der Waals surface area (Å²) in [6.45, 7) is 11.5. The molecule has 1 aromatic carbocycles. The molecule has 1 N–H and O–H groups in total. The van der Waals surface area contributed by atoms with Gasteiger partial charge >= 0.3 is 0 Å². The van der Waals surface area contributed by atoms with Crippen LogP contribution in [0.25, 0.3) is 0 Å². The first-order chi connectivity index (χ1) is 18.2. The zero-order valence-corrected chi connectivity index (χ0v) is 22.8. The number of nitrogens with zero attached hydrogens (tertiary/aromatic N) is 3. The molecule has 1 spiro atoms. The number of hydrogen-bond donors (Lipinski definition) is 1. The van der Waals surface area contributed by atoms with Crippen LogP contribution in [-0.2, 0) is 19.1 Å². The number of carbonyl (C=O) groups is 3. The Kier molecular flexibility index (Phi) is 7.72. The lowest BCUT2D eigenvalue weighted by molar-refractivity contribution is -0.152. The van der Waals surface area contributed by atoms with Crippen LogP contribution in [-0.4, -0.2) is 89.8 Å². The van der Waals surface area contributed by atoms with Crippen molar-refractivity contribution in [3.63, 3.8) is 0 Å². The van der Waals surface area contributed by atoms with Crippen LogP contribution in [0.4, 0.5) is 5.69 Å². The molecule has 1 aromatic rings. The van der Waals surface area contributed by atoms with E-state index in [2.05, 4.69) is 13.2 Å². The molecule has 3 heterocycles. The summed E-state index contributed by atoms with van der Waals surface area (Å²) in [5, 5.41) is 10.1. The van der Waals surface area contributed by atoms with E-state index in [-0.39, 0.29) is 30.9 Å². The average molecular weight is 526 g/mol. The second-order valence-corrected chi connectivity index (χ2v) is 10.6. The standard InChI is InChI=1S/C29H39N3O6/c1-7-16-30(5)25(34)22-23-26(35)32(19(4)18-33)24(29(23)15-14-28(22,9-3)38-29)27(36)31(17-8-2)20-10-12-21(37-6)13-11-20/h7-8,10-13,19,22-24,33H,1-2,9,14-18H2,3-6H3/t19-,22-,23+,24?,28+,29?/m1/s1. The maximum Gasteiger partial charge on any atom is 0.253 e. The SMILES string of the molecule is C=CCN(C)C(=O)[C@H]1[C@H]2C(=O)N([C@H](C)CO)C(C(=O)N(CC=C)c3ccc(OC)cc3)C23CC[C@]1(CC)O3. The van der Waals surface area contributed by atoms with Gasteiger partial charge in [0.15, 0.2) is 0 Å². The lowest BCUT2D eigenvalue weighted by atomic mass is 9.64. The molecule has 2 unspecified atom stereocenters. The Morgan fingerprint density at radius 3 is 2.42 bits per heavy atom. The van der Waals surface area contributed by atoms with Gasteiger partial charge in [-0.15, -0.1) is 13.2 Å². The third-order valence-corrected chi connectivity index (χ3v) is 8.60. The number of aliphatic hydroxyl groups is 1. The van der Waals surface area contributed by atoms with Crippen molar-refractivity contribution in [1.82, 2.24) is 9.80 Å². The largest absolute Gasteiger partial charge is 0.497 e. The van der Waals surface area contributed by atoms with Crippen LogP contribution < -0.4 is 9.64 Å². The van der Waals surface area contributed by atoms with E-state index in [1.54, 1.807) is 67.3 Å². The van der Waals surface area contributed by atoms with Gasteiger partial charge in [0.1, 0.15) is 17.4 Å². The third kappa shape index (κ3) is 4.03. The normalized spacial score (nSPS) is 30.1. The number of ether oxygens (including phenoxy) is 2. The summed E-state index contributed by atoms with van der Waals surface area (Å²) < 4.78 is 12.1. The molecule has 0 aliphatic carbocycles. The fraction of sp³-hybridized carbons (Fsp3) is 0.552. The van der Waals surface area contributed by atoms with E-state index in [9.17, 15) is 19.5 Å². The molecule has 3 saturated heterocycles. The summed E-state index contributed by atoms with van der Waals surface area (Å²) in [5.41, 5.74) is -1.38. The van der Waals surface area contributed by atoms with Gasteiger partial charge in [-0.3, -0.25) is 14.4 Å². The minimum absolute atomic E-state index is 0.186. The number of aliphatic hydroxyl groups excluding tert-OH is 1. The van der Waals surface area contributed by atoms with Gasteiger partial charge in [-0.05, 0) is 50.5 Å². The molecular formula is C29H39N3O6. The van der Waals surface area contributed by atoms with Gasteiger partial charge in [0.2, 0.25) is 11.8 Å². The van der Waals surface area contributed by atoms with Crippen LogP contribution in [0.5, 0.6) is 5.75 Å². The van der Waals surface area contributed by atoms with Crippen molar-refractivity contribution in [2.75, 3.05) is 38.8 Å². The summed E-state index contributed by atoms with van der Waals surface area (Å²) in [7, 11) is 3.26. The first kappa shape index (κ1) is 27.9. The second kappa shape index (κ2) is 10.5. The van der Waals surface area contributed by atoms with Gasteiger partial charge in [0, 0.05) is 25.8 Å². The lowest BCUT2D eigenvalue weighted by Crippen LogP contribution is -2.58. The Balaban J connectivity index is 1.83. The molecule has 3 aliphatic heterocycles. The molecule has 0 aromatic heterocycles. The Morgan fingerprint density at radius 2 is 1.87 bits per heavy atom. The molecule has 4 rings (SSSR count). The van der Waals surface area contributed by atoms with Crippen LogP contribution in [0.15, 0.2) is 49.6 Å². The first-order valence-corrected chi connectivity index (χ1v) is 13.2. The van der Waals surface area contributed by atoms with Crippen molar-refractivity contribution in [3.05, 3.63) is 49.6 Å². The first-order valence-electron chi connectivity index (χ1n) is 13.2. The third-order valence-electron chi connectivity index (χ3n) is 8.60. The van der Waals surface area contributed by atoms with E-state index in [0.717, 1.165) is 0 Å².